The fraction of sp³-hybridized carbons (Fsp3) is 0.0833. The van der Waals surface area contributed by atoms with Crippen LogP contribution in [-0.2, 0) is 9.59 Å². The Kier molecular flexibility index (Phi) is 6.08. The Morgan fingerprint density at radius 2 is 1.41 bits per heavy atom. The summed E-state index contributed by atoms with van der Waals surface area (Å²) >= 11 is 12.5. The standard InChI is InChI=1S/C24H18Cl2N2O4/c1-31-19-10-8-15(12-17(19)25)27-22-21(14-6-4-3-5-7-14)23(29)28(24(22)30)16-9-11-20(32-2)18(26)13-16/h3-13,27H,1-2H3. The van der Waals surface area contributed by atoms with Crippen LogP contribution in [0.15, 0.2) is 72.4 Å². The summed E-state index contributed by atoms with van der Waals surface area (Å²) in [7, 11) is 3.01. The van der Waals surface area contributed by atoms with Crippen molar-refractivity contribution in [3.63, 3.8) is 0 Å². The molecular formula is C24H18Cl2N2O4. The number of amides is 2. The number of halogens is 2. The third-order valence-electron chi connectivity index (χ3n) is 4.96. The topological polar surface area (TPSA) is 67.9 Å². The van der Waals surface area contributed by atoms with Gasteiger partial charge in [-0.2, -0.15) is 0 Å². The molecule has 32 heavy (non-hydrogen) atoms. The van der Waals surface area contributed by atoms with Crippen LogP contribution in [0.25, 0.3) is 5.57 Å². The van der Waals surface area contributed by atoms with Gasteiger partial charge in [-0.25, -0.2) is 4.90 Å². The van der Waals surface area contributed by atoms with Crippen molar-refractivity contribution in [3.8, 4) is 11.5 Å². The van der Waals surface area contributed by atoms with Crippen LogP contribution < -0.4 is 19.7 Å². The van der Waals surface area contributed by atoms with E-state index in [1.807, 2.05) is 6.07 Å². The number of hydrogen-bond donors (Lipinski definition) is 1. The molecule has 1 heterocycles. The summed E-state index contributed by atoms with van der Waals surface area (Å²) in [6, 6.07) is 18.7. The maximum Gasteiger partial charge on any atom is 0.282 e. The number of rotatable bonds is 6. The third-order valence-corrected chi connectivity index (χ3v) is 5.55. The maximum absolute atomic E-state index is 13.4. The van der Waals surface area contributed by atoms with Gasteiger partial charge < -0.3 is 14.8 Å². The monoisotopic (exact) mass is 468 g/mol. The summed E-state index contributed by atoms with van der Waals surface area (Å²) in [6.07, 6.45) is 0. The van der Waals surface area contributed by atoms with Crippen LogP contribution in [0.3, 0.4) is 0 Å². The molecule has 1 aliphatic heterocycles. The number of methoxy groups -OCH3 is 2. The molecule has 2 amide bonds. The molecule has 1 N–H and O–H groups in total. The van der Waals surface area contributed by atoms with Crippen molar-refractivity contribution in [2.24, 2.45) is 0 Å². The lowest BCUT2D eigenvalue weighted by Crippen LogP contribution is -2.32. The maximum atomic E-state index is 13.4. The Balaban J connectivity index is 1.79. The largest absolute Gasteiger partial charge is 0.495 e. The molecule has 0 saturated carbocycles. The van der Waals surface area contributed by atoms with E-state index in [0.29, 0.717) is 33.5 Å². The van der Waals surface area contributed by atoms with Crippen LogP contribution in [0.4, 0.5) is 11.4 Å². The van der Waals surface area contributed by atoms with Gasteiger partial charge in [0.05, 0.1) is 35.5 Å². The smallest absolute Gasteiger partial charge is 0.282 e. The Hall–Kier alpha value is -3.48. The second-order valence-electron chi connectivity index (χ2n) is 6.85. The molecule has 4 rings (SSSR count). The van der Waals surface area contributed by atoms with E-state index in [9.17, 15) is 9.59 Å². The average Bonchev–Trinajstić information content (AvgIpc) is 3.03. The number of carbonyl (C=O) groups excluding carboxylic acids is 2. The molecule has 0 aliphatic carbocycles. The van der Waals surface area contributed by atoms with Crippen LogP contribution in [0.1, 0.15) is 5.56 Å². The summed E-state index contributed by atoms with van der Waals surface area (Å²) in [6.45, 7) is 0. The third kappa shape index (κ3) is 3.90. The van der Waals surface area contributed by atoms with Crippen LogP contribution in [0.5, 0.6) is 11.5 Å². The van der Waals surface area contributed by atoms with Crippen molar-refractivity contribution in [2.75, 3.05) is 24.4 Å². The van der Waals surface area contributed by atoms with Crippen molar-refractivity contribution < 1.29 is 19.1 Å². The Morgan fingerprint density at radius 3 is 2.00 bits per heavy atom. The summed E-state index contributed by atoms with van der Waals surface area (Å²) in [5, 5.41) is 3.73. The van der Waals surface area contributed by atoms with Crippen molar-refractivity contribution in [2.45, 2.75) is 0 Å². The fourth-order valence-corrected chi connectivity index (χ4v) is 3.95. The van der Waals surface area contributed by atoms with Gasteiger partial charge in [0.15, 0.2) is 0 Å². The van der Waals surface area contributed by atoms with Crippen LogP contribution in [0, 0.1) is 0 Å². The fourth-order valence-electron chi connectivity index (χ4n) is 3.44. The van der Waals surface area contributed by atoms with E-state index in [0.717, 1.165) is 4.90 Å². The van der Waals surface area contributed by atoms with E-state index in [1.54, 1.807) is 54.6 Å². The Morgan fingerprint density at radius 1 is 0.781 bits per heavy atom. The summed E-state index contributed by atoms with van der Waals surface area (Å²) in [5.74, 6) is -0.0404. The molecule has 0 fully saturated rings. The molecule has 6 nitrogen and oxygen atoms in total. The SMILES string of the molecule is COc1ccc(NC2=C(c3ccccc3)C(=O)N(c3ccc(OC)c(Cl)c3)C2=O)cc1Cl. The van der Waals surface area contributed by atoms with Gasteiger partial charge in [-0.1, -0.05) is 53.5 Å². The van der Waals surface area contributed by atoms with Gasteiger partial charge >= 0.3 is 0 Å². The van der Waals surface area contributed by atoms with E-state index in [2.05, 4.69) is 5.32 Å². The lowest BCUT2D eigenvalue weighted by Gasteiger charge is -2.16. The zero-order valence-electron chi connectivity index (χ0n) is 17.2. The molecule has 162 valence electrons. The van der Waals surface area contributed by atoms with Crippen LogP contribution >= 0.6 is 23.2 Å². The second-order valence-corrected chi connectivity index (χ2v) is 7.67. The minimum absolute atomic E-state index is 0.134. The second kappa shape index (κ2) is 8.94. The van der Waals surface area contributed by atoms with Gasteiger partial charge in [0, 0.05) is 5.69 Å². The minimum atomic E-state index is -0.512. The van der Waals surface area contributed by atoms with Gasteiger partial charge in [0.25, 0.3) is 11.8 Å². The van der Waals surface area contributed by atoms with E-state index < -0.39 is 11.8 Å². The highest BCUT2D eigenvalue weighted by molar-refractivity contribution is 6.46. The highest BCUT2D eigenvalue weighted by Crippen LogP contribution is 2.37. The van der Waals surface area contributed by atoms with Crippen molar-refractivity contribution >= 4 is 52.0 Å². The predicted octanol–water partition coefficient (Wildman–Crippen LogP) is 5.41. The molecular weight excluding hydrogens is 451 g/mol. The molecule has 0 atom stereocenters. The highest BCUT2D eigenvalue weighted by Gasteiger charge is 2.40. The number of anilines is 2. The molecule has 0 saturated heterocycles. The van der Waals surface area contributed by atoms with Gasteiger partial charge in [-0.05, 0) is 42.0 Å². The number of imide groups is 1. The molecule has 0 spiro atoms. The molecule has 3 aromatic rings. The zero-order chi connectivity index (χ0) is 22.8. The summed E-state index contributed by atoms with van der Waals surface area (Å²) in [5.41, 5.74) is 1.86. The summed E-state index contributed by atoms with van der Waals surface area (Å²) < 4.78 is 10.4. The van der Waals surface area contributed by atoms with Gasteiger partial charge in [-0.15, -0.1) is 0 Å². The number of nitrogens with one attached hydrogen (secondary N) is 1. The van der Waals surface area contributed by atoms with Crippen molar-refractivity contribution in [1.82, 2.24) is 0 Å². The molecule has 0 radical (unpaired) electrons. The molecule has 1 aliphatic rings. The predicted molar refractivity (Wildman–Crippen MR) is 125 cm³/mol. The minimum Gasteiger partial charge on any atom is -0.495 e. The first-order chi connectivity index (χ1) is 15.4. The lowest BCUT2D eigenvalue weighted by atomic mass is 10.0. The van der Waals surface area contributed by atoms with E-state index in [1.165, 1.54) is 20.3 Å². The number of ether oxygens (including phenoxy) is 2. The molecule has 0 bridgehead atoms. The number of nitrogens with zero attached hydrogens (tertiary/aromatic N) is 1. The quantitative estimate of drug-likeness (QED) is 0.490. The highest BCUT2D eigenvalue weighted by atomic mass is 35.5. The zero-order valence-corrected chi connectivity index (χ0v) is 18.7. The average molecular weight is 469 g/mol. The van der Waals surface area contributed by atoms with E-state index >= 15 is 0 Å². The normalized spacial score (nSPS) is 13.6. The van der Waals surface area contributed by atoms with E-state index in [4.69, 9.17) is 32.7 Å². The van der Waals surface area contributed by atoms with Gasteiger partial charge in [-0.3, -0.25) is 9.59 Å². The Bertz CT molecular complexity index is 1240. The van der Waals surface area contributed by atoms with Crippen molar-refractivity contribution in [3.05, 3.63) is 88.0 Å². The number of carbonyl (C=O) groups is 2. The molecule has 8 heteroatoms. The van der Waals surface area contributed by atoms with Crippen LogP contribution in [0.2, 0.25) is 10.0 Å². The molecule has 3 aromatic carbocycles. The first-order valence-electron chi connectivity index (χ1n) is 9.57. The van der Waals surface area contributed by atoms with Gasteiger partial charge in [0.2, 0.25) is 0 Å². The number of hydrogen-bond acceptors (Lipinski definition) is 5. The van der Waals surface area contributed by atoms with Crippen molar-refractivity contribution in [1.29, 1.82) is 0 Å². The molecule has 0 aromatic heterocycles. The van der Waals surface area contributed by atoms with Crippen LogP contribution in [-0.4, -0.2) is 26.0 Å². The molecule has 0 unspecified atom stereocenters. The van der Waals surface area contributed by atoms with Gasteiger partial charge in [0.1, 0.15) is 17.2 Å². The Labute approximate surface area is 195 Å². The van der Waals surface area contributed by atoms with E-state index in [-0.39, 0.29) is 16.3 Å². The first kappa shape index (κ1) is 21.7. The number of benzene rings is 3. The summed E-state index contributed by atoms with van der Waals surface area (Å²) in [4.78, 5) is 28.0. The lowest BCUT2D eigenvalue weighted by molar-refractivity contribution is -0.120. The first-order valence-corrected chi connectivity index (χ1v) is 10.3.